The summed E-state index contributed by atoms with van der Waals surface area (Å²) in [5, 5.41) is 19.9. The molecule has 86 valence electrons. The van der Waals surface area contributed by atoms with E-state index in [0.29, 0.717) is 10.8 Å². The Morgan fingerprint density at radius 3 is 2.41 bits per heavy atom. The highest BCUT2D eigenvalue weighted by molar-refractivity contribution is 6.36. The third-order valence-corrected chi connectivity index (χ3v) is 2.56. The van der Waals surface area contributed by atoms with Crippen molar-refractivity contribution in [3.8, 4) is 11.5 Å². The molecule has 0 aromatic heterocycles. The van der Waals surface area contributed by atoms with E-state index in [0.717, 1.165) is 5.56 Å². The van der Waals surface area contributed by atoms with Crippen LogP contribution >= 0.6 is 0 Å². The average molecular weight is 230 g/mol. The van der Waals surface area contributed by atoms with Gasteiger partial charge in [0.1, 0.15) is 0 Å². The number of fused-ring (bicyclic) bond motifs is 1. The van der Waals surface area contributed by atoms with Gasteiger partial charge in [0.2, 0.25) is 5.78 Å². The van der Waals surface area contributed by atoms with Crippen LogP contribution in [0.25, 0.3) is 10.8 Å². The quantitative estimate of drug-likeness (QED) is 0.358. The van der Waals surface area contributed by atoms with Crippen LogP contribution in [0.5, 0.6) is 11.5 Å². The van der Waals surface area contributed by atoms with Gasteiger partial charge < -0.3 is 10.2 Å². The lowest BCUT2D eigenvalue weighted by Gasteiger charge is -2.07. The molecule has 0 spiro atoms. The van der Waals surface area contributed by atoms with Crippen molar-refractivity contribution in [1.82, 2.24) is 0 Å². The lowest BCUT2D eigenvalue weighted by Crippen LogP contribution is -2.01. The van der Waals surface area contributed by atoms with Gasteiger partial charge in [-0.2, -0.15) is 0 Å². The van der Waals surface area contributed by atoms with Gasteiger partial charge in [0.25, 0.3) is 0 Å². The first kappa shape index (κ1) is 11.1. The number of aromatic hydroxyl groups is 2. The molecular formula is C13H10O4. The van der Waals surface area contributed by atoms with E-state index in [1.165, 1.54) is 12.1 Å². The van der Waals surface area contributed by atoms with Crippen LogP contribution in [0.4, 0.5) is 0 Å². The van der Waals surface area contributed by atoms with E-state index in [1.54, 1.807) is 19.1 Å². The van der Waals surface area contributed by atoms with Gasteiger partial charge in [0.15, 0.2) is 17.8 Å². The Labute approximate surface area is 97.1 Å². The Hall–Kier alpha value is -2.36. The number of rotatable bonds is 2. The molecule has 2 rings (SSSR count). The monoisotopic (exact) mass is 230 g/mol. The van der Waals surface area contributed by atoms with Crippen LogP contribution in [0.2, 0.25) is 0 Å². The highest BCUT2D eigenvalue weighted by Gasteiger charge is 2.12. The Morgan fingerprint density at radius 1 is 1.12 bits per heavy atom. The van der Waals surface area contributed by atoms with Crippen molar-refractivity contribution in [2.75, 3.05) is 0 Å². The summed E-state index contributed by atoms with van der Waals surface area (Å²) < 4.78 is 0. The predicted molar refractivity (Wildman–Crippen MR) is 62.4 cm³/mol. The summed E-state index contributed by atoms with van der Waals surface area (Å²) in [4.78, 5) is 22.0. The fourth-order valence-corrected chi connectivity index (χ4v) is 1.81. The highest BCUT2D eigenvalue weighted by Crippen LogP contribution is 2.32. The molecule has 0 bridgehead atoms. The SMILES string of the molecule is Cc1cc(C(=O)C=O)c2cc(O)c(O)cc2c1. The van der Waals surface area contributed by atoms with Crippen LogP contribution in [-0.4, -0.2) is 22.3 Å². The van der Waals surface area contributed by atoms with Crippen LogP contribution in [-0.2, 0) is 4.79 Å². The lowest BCUT2D eigenvalue weighted by molar-refractivity contribution is -0.104. The number of ketones is 1. The molecule has 0 atom stereocenters. The summed E-state index contributed by atoms with van der Waals surface area (Å²) in [7, 11) is 0. The van der Waals surface area contributed by atoms with E-state index < -0.39 is 5.78 Å². The van der Waals surface area contributed by atoms with Crippen LogP contribution in [0, 0.1) is 6.92 Å². The Kier molecular flexibility index (Phi) is 2.55. The van der Waals surface area contributed by atoms with Crippen molar-refractivity contribution in [3.05, 3.63) is 35.4 Å². The molecule has 0 saturated heterocycles. The molecule has 2 aromatic rings. The zero-order valence-electron chi connectivity index (χ0n) is 9.10. The van der Waals surface area contributed by atoms with E-state index in [2.05, 4.69) is 0 Å². The standard InChI is InChI=1S/C13H10O4/c1-7-2-8-4-11(15)12(16)5-9(8)10(3-7)13(17)6-14/h2-6,15-16H,1H3. The van der Waals surface area contributed by atoms with Crippen molar-refractivity contribution in [2.45, 2.75) is 6.92 Å². The average Bonchev–Trinajstić information content (AvgIpc) is 2.29. The molecule has 0 fully saturated rings. The molecule has 4 nitrogen and oxygen atoms in total. The minimum absolute atomic E-state index is 0.227. The predicted octanol–water partition coefficient (Wildman–Crippen LogP) is 1.94. The number of aldehydes is 1. The summed E-state index contributed by atoms with van der Waals surface area (Å²) in [6.07, 6.45) is 0.234. The van der Waals surface area contributed by atoms with Crippen molar-refractivity contribution in [1.29, 1.82) is 0 Å². The smallest absolute Gasteiger partial charge is 0.225 e. The maximum atomic E-state index is 11.5. The molecule has 17 heavy (non-hydrogen) atoms. The van der Waals surface area contributed by atoms with Gasteiger partial charge in [-0.15, -0.1) is 0 Å². The summed E-state index contributed by atoms with van der Waals surface area (Å²) >= 11 is 0. The lowest BCUT2D eigenvalue weighted by atomic mass is 9.98. The van der Waals surface area contributed by atoms with E-state index in [4.69, 9.17) is 0 Å². The number of carbonyl (C=O) groups is 2. The maximum Gasteiger partial charge on any atom is 0.225 e. The first-order valence-electron chi connectivity index (χ1n) is 4.99. The molecule has 0 saturated carbocycles. The number of hydrogen-bond acceptors (Lipinski definition) is 4. The summed E-state index contributed by atoms with van der Waals surface area (Å²) in [6, 6.07) is 5.98. The minimum Gasteiger partial charge on any atom is -0.504 e. The van der Waals surface area contributed by atoms with Crippen molar-refractivity contribution in [2.24, 2.45) is 0 Å². The Balaban J connectivity index is 2.87. The summed E-state index contributed by atoms with van der Waals surface area (Å²) in [5.74, 6) is -1.22. The number of hydrogen-bond donors (Lipinski definition) is 2. The van der Waals surface area contributed by atoms with Crippen LogP contribution in [0.15, 0.2) is 24.3 Å². The first-order valence-corrected chi connectivity index (χ1v) is 4.99. The highest BCUT2D eigenvalue weighted by atomic mass is 16.3. The normalized spacial score (nSPS) is 10.4. The fraction of sp³-hybridized carbons (Fsp3) is 0.0769. The summed E-state index contributed by atoms with van der Waals surface area (Å²) in [5.41, 5.74) is 1.03. The van der Waals surface area contributed by atoms with Crippen molar-refractivity contribution >= 4 is 22.8 Å². The fourth-order valence-electron chi connectivity index (χ4n) is 1.81. The van der Waals surface area contributed by atoms with E-state index in [-0.39, 0.29) is 23.3 Å². The van der Waals surface area contributed by atoms with E-state index in [1.807, 2.05) is 0 Å². The van der Waals surface area contributed by atoms with Gasteiger partial charge in [-0.3, -0.25) is 9.59 Å². The van der Waals surface area contributed by atoms with E-state index >= 15 is 0 Å². The molecule has 4 heteroatoms. The number of phenolic OH excluding ortho intramolecular Hbond substituents is 2. The number of carbonyl (C=O) groups excluding carboxylic acids is 2. The van der Waals surface area contributed by atoms with Gasteiger partial charge in [-0.05, 0) is 41.5 Å². The second-order valence-electron chi connectivity index (χ2n) is 3.86. The van der Waals surface area contributed by atoms with Gasteiger partial charge >= 0.3 is 0 Å². The molecule has 2 N–H and O–H groups in total. The molecule has 0 unspecified atom stereocenters. The van der Waals surface area contributed by atoms with Crippen LogP contribution in [0.3, 0.4) is 0 Å². The van der Waals surface area contributed by atoms with Gasteiger partial charge in [-0.25, -0.2) is 0 Å². The third kappa shape index (κ3) is 1.85. The Morgan fingerprint density at radius 2 is 1.76 bits per heavy atom. The zero-order valence-corrected chi connectivity index (χ0v) is 9.10. The summed E-state index contributed by atoms with van der Waals surface area (Å²) in [6.45, 7) is 1.78. The molecule has 0 aliphatic rings. The van der Waals surface area contributed by atoms with Crippen molar-refractivity contribution in [3.63, 3.8) is 0 Å². The molecular weight excluding hydrogens is 220 g/mol. The molecule has 2 aromatic carbocycles. The topological polar surface area (TPSA) is 74.6 Å². The minimum atomic E-state index is -0.649. The number of benzene rings is 2. The molecule has 0 aliphatic heterocycles. The number of phenols is 2. The second kappa shape index (κ2) is 3.90. The molecule has 0 aliphatic carbocycles. The Bertz CT molecular complexity index is 629. The number of aryl methyl sites for hydroxylation is 1. The second-order valence-corrected chi connectivity index (χ2v) is 3.86. The van der Waals surface area contributed by atoms with Crippen molar-refractivity contribution < 1.29 is 19.8 Å². The largest absolute Gasteiger partial charge is 0.504 e. The van der Waals surface area contributed by atoms with Crippen LogP contribution < -0.4 is 0 Å². The molecule has 0 heterocycles. The first-order chi connectivity index (χ1) is 8.02. The molecule has 0 amide bonds. The molecule has 0 radical (unpaired) electrons. The third-order valence-electron chi connectivity index (χ3n) is 2.56. The van der Waals surface area contributed by atoms with E-state index in [9.17, 15) is 19.8 Å². The number of Topliss-reactive ketones (excluding diaryl/α,β-unsaturated/α-hetero) is 1. The van der Waals surface area contributed by atoms with Gasteiger partial charge in [0, 0.05) is 5.56 Å². The van der Waals surface area contributed by atoms with Gasteiger partial charge in [-0.1, -0.05) is 6.07 Å². The zero-order chi connectivity index (χ0) is 12.6. The van der Waals surface area contributed by atoms with Gasteiger partial charge in [0.05, 0.1) is 0 Å². The maximum absolute atomic E-state index is 11.5. The van der Waals surface area contributed by atoms with Crippen LogP contribution in [0.1, 0.15) is 15.9 Å².